The average molecular weight is 266 g/mol. The van der Waals surface area contributed by atoms with Gasteiger partial charge in [0.05, 0.1) is 22.7 Å². The SMILES string of the molecule is CCOC(=O)c1[nH]c2c(Cl)cc(C)cc2c1C=O. The van der Waals surface area contributed by atoms with Crippen LogP contribution >= 0.6 is 11.6 Å². The van der Waals surface area contributed by atoms with Crippen molar-refractivity contribution < 1.29 is 14.3 Å². The zero-order valence-electron chi connectivity index (χ0n) is 10.0. The molecule has 1 heterocycles. The lowest BCUT2D eigenvalue weighted by atomic mass is 10.1. The predicted octanol–water partition coefficient (Wildman–Crippen LogP) is 3.12. The molecular formula is C13H12ClNO3. The molecule has 2 aromatic rings. The quantitative estimate of drug-likeness (QED) is 0.685. The number of fused-ring (bicyclic) bond motifs is 1. The number of hydrogen-bond donors (Lipinski definition) is 1. The molecule has 0 aliphatic carbocycles. The number of ether oxygens (including phenoxy) is 1. The van der Waals surface area contributed by atoms with Crippen LogP contribution < -0.4 is 0 Å². The molecule has 0 aliphatic rings. The van der Waals surface area contributed by atoms with Crippen molar-refractivity contribution in [2.24, 2.45) is 0 Å². The monoisotopic (exact) mass is 265 g/mol. The molecule has 1 aromatic carbocycles. The zero-order valence-corrected chi connectivity index (χ0v) is 10.8. The molecule has 1 aromatic heterocycles. The fourth-order valence-corrected chi connectivity index (χ4v) is 2.22. The molecule has 0 saturated heterocycles. The lowest BCUT2D eigenvalue weighted by molar-refractivity contribution is 0.0518. The number of aromatic nitrogens is 1. The van der Waals surface area contributed by atoms with Gasteiger partial charge in [0.15, 0.2) is 6.29 Å². The molecule has 0 saturated carbocycles. The van der Waals surface area contributed by atoms with Crippen molar-refractivity contribution in [3.63, 3.8) is 0 Å². The number of esters is 1. The lowest BCUT2D eigenvalue weighted by Gasteiger charge is -1.99. The molecule has 0 atom stereocenters. The molecule has 0 bridgehead atoms. The number of hydrogen-bond acceptors (Lipinski definition) is 3. The highest BCUT2D eigenvalue weighted by Crippen LogP contribution is 2.29. The van der Waals surface area contributed by atoms with E-state index in [4.69, 9.17) is 16.3 Å². The number of benzene rings is 1. The maximum Gasteiger partial charge on any atom is 0.355 e. The normalized spacial score (nSPS) is 10.6. The molecule has 0 fully saturated rings. The van der Waals surface area contributed by atoms with E-state index in [2.05, 4.69) is 4.98 Å². The molecule has 94 valence electrons. The number of H-pyrrole nitrogens is 1. The Kier molecular flexibility index (Phi) is 3.39. The van der Waals surface area contributed by atoms with Crippen LogP contribution in [0.3, 0.4) is 0 Å². The Balaban J connectivity index is 2.72. The predicted molar refractivity (Wildman–Crippen MR) is 69.4 cm³/mol. The van der Waals surface area contributed by atoms with Gasteiger partial charge in [0.2, 0.25) is 0 Å². The first-order valence-electron chi connectivity index (χ1n) is 5.52. The van der Waals surface area contributed by atoms with Gasteiger partial charge < -0.3 is 9.72 Å². The van der Waals surface area contributed by atoms with Gasteiger partial charge in [0, 0.05) is 5.39 Å². The van der Waals surface area contributed by atoms with E-state index in [1.807, 2.05) is 13.0 Å². The van der Waals surface area contributed by atoms with Crippen LogP contribution in [0.4, 0.5) is 0 Å². The number of nitrogens with one attached hydrogen (secondary N) is 1. The van der Waals surface area contributed by atoms with Crippen molar-refractivity contribution in [3.05, 3.63) is 34.0 Å². The van der Waals surface area contributed by atoms with Crippen LogP contribution in [0.2, 0.25) is 5.02 Å². The van der Waals surface area contributed by atoms with Crippen LogP contribution in [0.25, 0.3) is 10.9 Å². The van der Waals surface area contributed by atoms with Gasteiger partial charge in [0.1, 0.15) is 5.69 Å². The molecule has 5 heteroatoms. The van der Waals surface area contributed by atoms with E-state index in [1.165, 1.54) is 0 Å². The Labute approximate surface area is 109 Å². The summed E-state index contributed by atoms with van der Waals surface area (Å²) in [5.41, 5.74) is 1.93. The Hall–Kier alpha value is -1.81. The van der Waals surface area contributed by atoms with E-state index >= 15 is 0 Å². The highest BCUT2D eigenvalue weighted by Gasteiger charge is 2.19. The third kappa shape index (κ3) is 1.99. The molecule has 2 rings (SSSR count). The van der Waals surface area contributed by atoms with E-state index in [0.717, 1.165) is 5.56 Å². The topological polar surface area (TPSA) is 59.2 Å². The van der Waals surface area contributed by atoms with E-state index in [1.54, 1.807) is 13.0 Å². The molecule has 0 spiro atoms. The van der Waals surface area contributed by atoms with Gasteiger partial charge in [-0.25, -0.2) is 4.79 Å². The summed E-state index contributed by atoms with van der Waals surface area (Å²) < 4.78 is 4.90. The first kappa shape index (κ1) is 12.6. The summed E-state index contributed by atoms with van der Waals surface area (Å²) in [6, 6.07) is 3.58. The maximum absolute atomic E-state index is 11.7. The Morgan fingerprint density at radius 2 is 2.22 bits per heavy atom. The van der Waals surface area contributed by atoms with Crippen molar-refractivity contribution in [3.8, 4) is 0 Å². The van der Waals surface area contributed by atoms with Crippen molar-refractivity contribution in [1.82, 2.24) is 4.98 Å². The van der Waals surface area contributed by atoms with Crippen LogP contribution in [0, 0.1) is 6.92 Å². The first-order valence-corrected chi connectivity index (χ1v) is 5.90. The molecule has 0 radical (unpaired) electrons. The van der Waals surface area contributed by atoms with Crippen LogP contribution in [0.1, 0.15) is 33.3 Å². The standard InChI is InChI=1S/C13H12ClNO3/c1-3-18-13(17)12-9(6-16)8-4-7(2)5-10(14)11(8)15-12/h4-6,15H,3H2,1-2H3. The summed E-state index contributed by atoms with van der Waals surface area (Å²) in [7, 11) is 0. The maximum atomic E-state index is 11.7. The second-order valence-corrected chi connectivity index (χ2v) is 4.33. The van der Waals surface area contributed by atoms with Gasteiger partial charge in [0.25, 0.3) is 0 Å². The summed E-state index contributed by atoms with van der Waals surface area (Å²) >= 11 is 6.09. The van der Waals surface area contributed by atoms with Crippen LogP contribution in [-0.2, 0) is 4.74 Å². The lowest BCUT2D eigenvalue weighted by Crippen LogP contribution is -2.07. The van der Waals surface area contributed by atoms with Gasteiger partial charge in [-0.15, -0.1) is 0 Å². The van der Waals surface area contributed by atoms with Crippen LogP contribution in [0.5, 0.6) is 0 Å². The highest BCUT2D eigenvalue weighted by molar-refractivity contribution is 6.35. The number of aromatic amines is 1. The molecule has 1 N–H and O–H groups in total. The van der Waals surface area contributed by atoms with E-state index < -0.39 is 5.97 Å². The minimum Gasteiger partial charge on any atom is -0.461 e. The summed E-state index contributed by atoms with van der Waals surface area (Å²) in [6.07, 6.45) is 0.640. The molecular weight excluding hydrogens is 254 g/mol. The Morgan fingerprint density at radius 1 is 1.50 bits per heavy atom. The minimum atomic E-state index is -0.551. The number of rotatable bonds is 3. The van der Waals surface area contributed by atoms with Crippen LogP contribution in [0.15, 0.2) is 12.1 Å². The van der Waals surface area contributed by atoms with Gasteiger partial charge in [-0.1, -0.05) is 11.6 Å². The molecule has 4 nitrogen and oxygen atoms in total. The smallest absolute Gasteiger partial charge is 0.355 e. The molecule has 18 heavy (non-hydrogen) atoms. The van der Waals surface area contributed by atoms with Crippen molar-refractivity contribution in [2.45, 2.75) is 13.8 Å². The third-order valence-corrected chi connectivity index (χ3v) is 2.94. The number of carbonyl (C=O) groups is 2. The van der Waals surface area contributed by atoms with Crippen molar-refractivity contribution in [1.29, 1.82) is 0 Å². The second-order valence-electron chi connectivity index (χ2n) is 3.92. The van der Waals surface area contributed by atoms with E-state index in [0.29, 0.717) is 22.2 Å². The number of aryl methyl sites for hydroxylation is 1. The van der Waals surface area contributed by atoms with Gasteiger partial charge >= 0.3 is 5.97 Å². The van der Waals surface area contributed by atoms with E-state index in [-0.39, 0.29) is 17.9 Å². The van der Waals surface area contributed by atoms with Gasteiger partial charge in [-0.2, -0.15) is 0 Å². The van der Waals surface area contributed by atoms with Gasteiger partial charge in [-0.3, -0.25) is 4.79 Å². The molecule has 0 aliphatic heterocycles. The average Bonchev–Trinajstić information content (AvgIpc) is 2.68. The zero-order chi connectivity index (χ0) is 13.3. The number of halogens is 1. The number of carbonyl (C=O) groups excluding carboxylic acids is 2. The largest absolute Gasteiger partial charge is 0.461 e. The summed E-state index contributed by atoms with van der Waals surface area (Å²) in [4.78, 5) is 25.8. The Morgan fingerprint density at radius 3 is 2.83 bits per heavy atom. The van der Waals surface area contributed by atoms with Gasteiger partial charge in [-0.05, 0) is 31.5 Å². The minimum absolute atomic E-state index is 0.148. The van der Waals surface area contributed by atoms with E-state index in [9.17, 15) is 9.59 Å². The highest BCUT2D eigenvalue weighted by atomic mass is 35.5. The Bertz CT molecular complexity index is 631. The molecule has 0 amide bonds. The fourth-order valence-electron chi connectivity index (χ4n) is 1.90. The number of aldehydes is 1. The second kappa shape index (κ2) is 4.82. The van der Waals surface area contributed by atoms with Crippen molar-refractivity contribution in [2.75, 3.05) is 6.61 Å². The molecule has 0 unspecified atom stereocenters. The summed E-state index contributed by atoms with van der Waals surface area (Å²) in [5, 5.41) is 1.11. The third-order valence-electron chi connectivity index (χ3n) is 2.64. The summed E-state index contributed by atoms with van der Waals surface area (Å²) in [6.45, 7) is 3.83. The van der Waals surface area contributed by atoms with Crippen LogP contribution in [-0.4, -0.2) is 23.8 Å². The van der Waals surface area contributed by atoms with Crippen molar-refractivity contribution >= 4 is 34.8 Å². The first-order chi connectivity index (χ1) is 8.58. The summed E-state index contributed by atoms with van der Waals surface area (Å²) in [5.74, 6) is -0.551. The fraction of sp³-hybridized carbons (Fsp3) is 0.231.